The largest absolute Gasteiger partial charge is 0.383 e. The molecule has 218 valence electrons. The average Bonchev–Trinajstić information content (AvgIpc) is 3.46. The monoisotopic (exact) mass is 590 g/mol. The summed E-state index contributed by atoms with van der Waals surface area (Å²) in [5.41, 5.74) is 20.2. The van der Waals surface area contributed by atoms with Crippen molar-refractivity contribution < 1.29 is 0 Å². The Morgan fingerprint density at radius 1 is 0.391 bits per heavy atom. The molecule has 0 fully saturated rings. The van der Waals surface area contributed by atoms with Crippen molar-refractivity contribution in [2.45, 2.75) is 0 Å². The summed E-state index contributed by atoms with van der Waals surface area (Å²) < 4.78 is 0. The van der Waals surface area contributed by atoms with E-state index in [4.69, 9.17) is 11.6 Å². The van der Waals surface area contributed by atoms with Crippen LogP contribution < -0.4 is 11.6 Å². The van der Waals surface area contributed by atoms with Crippen LogP contribution in [0.4, 0.5) is 0 Å². The molecule has 7 aromatic carbocycles. The number of nitrogens with two attached hydrogens (primary N) is 2. The average molecular weight is 591 g/mol. The van der Waals surface area contributed by atoms with Gasteiger partial charge in [0.2, 0.25) is 0 Å². The Balaban J connectivity index is 1.02. The molecule has 0 aliphatic heterocycles. The van der Waals surface area contributed by atoms with Gasteiger partial charge in [-0.1, -0.05) is 158 Å². The van der Waals surface area contributed by atoms with Gasteiger partial charge in [0.05, 0.1) is 0 Å². The lowest BCUT2D eigenvalue weighted by molar-refractivity contribution is 1.22. The van der Waals surface area contributed by atoms with Crippen LogP contribution in [0.15, 0.2) is 168 Å². The highest BCUT2D eigenvalue weighted by Crippen LogP contribution is 2.49. The highest BCUT2D eigenvalue weighted by Gasteiger charge is 2.22. The van der Waals surface area contributed by atoms with E-state index in [1.165, 1.54) is 44.2 Å². The number of nitrogens with zero attached hydrogens (tertiary/aromatic N) is 2. The first-order chi connectivity index (χ1) is 22.7. The van der Waals surface area contributed by atoms with Gasteiger partial charge in [0.25, 0.3) is 0 Å². The molecule has 8 rings (SSSR count). The molecule has 0 aromatic heterocycles. The molecule has 0 unspecified atom stereocenters. The summed E-state index contributed by atoms with van der Waals surface area (Å²) in [7, 11) is 0. The fourth-order valence-electron chi connectivity index (χ4n) is 6.52. The molecule has 0 saturated carbocycles. The van der Waals surface area contributed by atoms with E-state index >= 15 is 0 Å². The minimum Gasteiger partial charge on any atom is -0.383 e. The van der Waals surface area contributed by atoms with Crippen molar-refractivity contribution in [2.24, 2.45) is 21.7 Å². The molecule has 46 heavy (non-hydrogen) atoms. The summed E-state index contributed by atoms with van der Waals surface area (Å²) in [6, 6.07) is 54.9. The van der Waals surface area contributed by atoms with Crippen molar-refractivity contribution in [1.82, 2.24) is 0 Å². The first kappa shape index (κ1) is 27.3. The normalized spacial score (nSPS) is 12.3. The highest BCUT2D eigenvalue weighted by molar-refractivity contribution is 6.18. The Labute approximate surface area is 268 Å². The Morgan fingerprint density at radius 2 is 0.870 bits per heavy atom. The Bertz CT molecular complexity index is 2250. The lowest BCUT2D eigenvalue weighted by Gasteiger charge is -2.11. The zero-order chi connectivity index (χ0) is 31.0. The summed E-state index contributed by atoms with van der Waals surface area (Å²) in [6.45, 7) is 0. The van der Waals surface area contributed by atoms with Crippen LogP contribution in [0.3, 0.4) is 0 Å². The number of amidine groups is 2. The second-order valence-electron chi connectivity index (χ2n) is 11.5. The molecule has 0 heterocycles. The first-order valence-corrected chi connectivity index (χ1v) is 15.3. The van der Waals surface area contributed by atoms with E-state index in [0.29, 0.717) is 11.7 Å². The number of benzene rings is 7. The molecule has 4 heteroatoms. The predicted molar refractivity (Wildman–Crippen MR) is 193 cm³/mol. The fourth-order valence-corrected chi connectivity index (χ4v) is 6.52. The molecular weight excluding hydrogens is 560 g/mol. The van der Waals surface area contributed by atoms with Gasteiger partial charge >= 0.3 is 0 Å². The Kier molecular flexibility index (Phi) is 6.73. The topological polar surface area (TPSA) is 76.8 Å². The lowest BCUT2D eigenvalue weighted by atomic mass is 9.93. The number of hydrogen-bond acceptors (Lipinski definition) is 2. The number of hydrogen-bond donors (Lipinski definition) is 2. The van der Waals surface area contributed by atoms with Gasteiger partial charge in [-0.25, -0.2) is 4.99 Å². The molecule has 7 aromatic rings. The molecule has 0 amide bonds. The molecule has 0 saturated heterocycles. The molecular formula is C42H30N4. The molecule has 0 atom stereocenters. The number of fused-ring (bicyclic) bond motifs is 3. The van der Waals surface area contributed by atoms with Gasteiger partial charge in [0.1, 0.15) is 5.84 Å². The highest BCUT2D eigenvalue weighted by atomic mass is 15.2. The Morgan fingerprint density at radius 3 is 1.50 bits per heavy atom. The molecule has 0 radical (unpaired) electrons. The van der Waals surface area contributed by atoms with Gasteiger partial charge in [0, 0.05) is 11.1 Å². The van der Waals surface area contributed by atoms with Crippen LogP contribution >= 0.6 is 0 Å². The fraction of sp³-hybridized carbons (Fsp3) is 0. The van der Waals surface area contributed by atoms with Crippen molar-refractivity contribution in [3.8, 4) is 55.6 Å². The van der Waals surface area contributed by atoms with Gasteiger partial charge in [-0.15, -0.1) is 0 Å². The van der Waals surface area contributed by atoms with Crippen molar-refractivity contribution >= 4 is 22.4 Å². The third-order valence-corrected chi connectivity index (χ3v) is 8.86. The van der Waals surface area contributed by atoms with E-state index in [1.807, 2.05) is 54.6 Å². The van der Waals surface area contributed by atoms with Gasteiger partial charge in [-0.3, -0.25) is 0 Å². The van der Waals surface area contributed by atoms with E-state index in [9.17, 15) is 0 Å². The van der Waals surface area contributed by atoms with E-state index < -0.39 is 0 Å². The van der Waals surface area contributed by atoms with Gasteiger partial charge in [-0.05, 0) is 66.4 Å². The first-order valence-electron chi connectivity index (χ1n) is 15.3. The second kappa shape index (κ2) is 11.3. The van der Waals surface area contributed by atoms with Crippen LogP contribution in [0.5, 0.6) is 0 Å². The molecule has 0 bridgehead atoms. The van der Waals surface area contributed by atoms with E-state index in [2.05, 4.69) is 113 Å². The SMILES string of the molecule is N/N=C(\N=C(/N)c1ccc(-c2ccc(-c3ccc4c5c(cccc35)-c3ccccc3-4)cc2)cc1)c1ccc(-c2ccccc2)cc1. The lowest BCUT2D eigenvalue weighted by Crippen LogP contribution is -2.17. The van der Waals surface area contributed by atoms with Gasteiger partial charge < -0.3 is 11.6 Å². The summed E-state index contributed by atoms with van der Waals surface area (Å²) in [5.74, 6) is 6.46. The van der Waals surface area contributed by atoms with Crippen LogP contribution in [0.2, 0.25) is 0 Å². The van der Waals surface area contributed by atoms with E-state index in [0.717, 1.165) is 33.4 Å². The molecule has 4 N–H and O–H groups in total. The molecule has 1 aliphatic carbocycles. The quantitative estimate of drug-likeness (QED) is 0.0906. The van der Waals surface area contributed by atoms with Gasteiger partial charge in [0.15, 0.2) is 5.84 Å². The maximum Gasteiger partial charge on any atom is 0.180 e. The number of hydrazone groups is 1. The van der Waals surface area contributed by atoms with Crippen molar-refractivity contribution in [1.29, 1.82) is 0 Å². The third kappa shape index (κ3) is 4.73. The predicted octanol–water partition coefficient (Wildman–Crippen LogP) is 9.51. The maximum atomic E-state index is 6.42. The molecule has 4 nitrogen and oxygen atoms in total. The van der Waals surface area contributed by atoms with Crippen LogP contribution in [-0.4, -0.2) is 11.7 Å². The van der Waals surface area contributed by atoms with Crippen molar-refractivity contribution in [3.63, 3.8) is 0 Å². The third-order valence-electron chi connectivity index (χ3n) is 8.86. The second-order valence-corrected chi connectivity index (χ2v) is 11.5. The number of aliphatic imine (C=N–C) groups is 1. The molecule has 0 spiro atoms. The smallest absolute Gasteiger partial charge is 0.180 e. The van der Waals surface area contributed by atoms with E-state index in [-0.39, 0.29) is 0 Å². The van der Waals surface area contributed by atoms with Crippen molar-refractivity contribution in [3.05, 3.63) is 169 Å². The summed E-state index contributed by atoms with van der Waals surface area (Å²) in [4.78, 5) is 4.56. The number of rotatable bonds is 5. The van der Waals surface area contributed by atoms with Gasteiger partial charge in [-0.2, -0.15) is 5.10 Å². The zero-order valence-corrected chi connectivity index (χ0v) is 25.1. The maximum absolute atomic E-state index is 6.42. The summed E-state index contributed by atoms with van der Waals surface area (Å²) in [5, 5.41) is 6.54. The van der Waals surface area contributed by atoms with Crippen LogP contribution in [-0.2, 0) is 0 Å². The summed E-state index contributed by atoms with van der Waals surface area (Å²) in [6.07, 6.45) is 0. The van der Waals surface area contributed by atoms with Crippen LogP contribution in [0.1, 0.15) is 11.1 Å². The van der Waals surface area contributed by atoms with E-state index in [1.54, 1.807) is 0 Å². The molecule has 1 aliphatic rings. The van der Waals surface area contributed by atoms with Crippen LogP contribution in [0.25, 0.3) is 66.4 Å². The Hall–Kier alpha value is -6.26. The minimum absolute atomic E-state index is 0.354. The zero-order valence-electron chi connectivity index (χ0n) is 25.1. The summed E-state index contributed by atoms with van der Waals surface area (Å²) >= 11 is 0. The van der Waals surface area contributed by atoms with Crippen molar-refractivity contribution in [2.75, 3.05) is 0 Å². The van der Waals surface area contributed by atoms with Crippen LogP contribution in [0, 0.1) is 0 Å². The minimum atomic E-state index is 0.354. The standard InChI is InChI=1S/C42H30N4/c43-41(45-42(46-44)33-23-17-28(18-24-33)27-7-2-1-3-8-27)32-21-15-30(16-22-32)29-13-19-31(20-14-29)34-25-26-39-36-10-5-4-9-35(36)38-12-6-11-37(34)40(38)39/h1-26H,44H2,(H2,43,45,46).